The molecule has 0 saturated carbocycles. The Morgan fingerprint density at radius 2 is 1.77 bits per heavy atom. The largest absolute Gasteiger partial charge is 0.465 e. The smallest absolute Gasteiger partial charge is 0.338 e. The van der Waals surface area contributed by atoms with Gasteiger partial charge in [-0.25, -0.2) is 9.18 Å². The highest BCUT2D eigenvalue weighted by Gasteiger charge is 2.28. The SMILES string of the molecule is COC(=O)c1cc(C2CC(CNCc3ccc(F)c4ccccc34)Cc3ccccc32)ccc1C. The van der Waals surface area contributed by atoms with Gasteiger partial charge in [0.2, 0.25) is 0 Å². The lowest BCUT2D eigenvalue weighted by molar-refractivity contribution is 0.0599. The number of ether oxygens (including phenoxy) is 1. The summed E-state index contributed by atoms with van der Waals surface area (Å²) in [5.74, 6) is 0.200. The minimum Gasteiger partial charge on any atom is -0.465 e. The molecule has 0 saturated heterocycles. The van der Waals surface area contributed by atoms with Gasteiger partial charge in [-0.1, -0.05) is 66.7 Å². The van der Waals surface area contributed by atoms with Crippen LogP contribution in [0.2, 0.25) is 0 Å². The molecule has 0 bridgehead atoms. The zero-order valence-electron chi connectivity index (χ0n) is 20.2. The Hall–Kier alpha value is -3.50. The van der Waals surface area contributed by atoms with E-state index in [-0.39, 0.29) is 17.7 Å². The Morgan fingerprint density at radius 1 is 1.00 bits per heavy atom. The second kappa shape index (κ2) is 10.0. The molecule has 0 amide bonds. The van der Waals surface area contributed by atoms with Crippen LogP contribution in [0.4, 0.5) is 4.39 Å². The topological polar surface area (TPSA) is 38.3 Å². The molecule has 3 nitrogen and oxygen atoms in total. The number of benzene rings is 4. The van der Waals surface area contributed by atoms with Crippen LogP contribution >= 0.6 is 0 Å². The molecule has 1 aliphatic carbocycles. The van der Waals surface area contributed by atoms with E-state index in [4.69, 9.17) is 4.74 Å². The summed E-state index contributed by atoms with van der Waals surface area (Å²) < 4.78 is 19.2. The number of fused-ring (bicyclic) bond motifs is 2. The molecule has 1 aliphatic rings. The van der Waals surface area contributed by atoms with E-state index in [1.54, 1.807) is 6.07 Å². The van der Waals surface area contributed by atoms with E-state index in [0.29, 0.717) is 23.4 Å². The highest BCUT2D eigenvalue weighted by atomic mass is 19.1. The lowest BCUT2D eigenvalue weighted by Crippen LogP contribution is -2.29. The molecule has 0 radical (unpaired) electrons. The third-order valence-corrected chi connectivity index (χ3v) is 7.29. The molecule has 2 unspecified atom stereocenters. The summed E-state index contributed by atoms with van der Waals surface area (Å²) in [7, 11) is 1.43. The summed E-state index contributed by atoms with van der Waals surface area (Å²) in [6.07, 6.45) is 2.01. The Labute approximate surface area is 205 Å². The van der Waals surface area contributed by atoms with Gasteiger partial charge >= 0.3 is 5.97 Å². The van der Waals surface area contributed by atoms with Crippen LogP contribution in [0.3, 0.4) is 0 Å². The number of methoxy groups -OCH3 is 1. The number of rotatable bonds is 6. The minimum absolute atomic E-state index is 0.180. The molecule has 2 atom stereocenters. The maximum atomic E-state index is 14.2. The second-order valence-corrected chi connectivity index (χ2v) is 9.51. The van der Waals surface area contributed by atoms with Crippen LogP contribution in [0, 0.1) is 18.7 Å². The minimum atomic E-state index is -0.293. The van der Waals surface area contributed by atoms with Crippen LogP contribution in [-0.2, 0) is 17.7 Å². The average Bonchev–Trinajstić information content (AvgIpc) is 2.89. The highest BCUT2D eigenvalue weighted by molar-refractivity contribution is 5.91. The van der Waals surface area contributed by atoms with Gasteiger partial charge in [-0.05, 0) is 77.6 Å². The Balaban J connectivity index is 1.36. The zero-order chi connectivity index (χ0) is 24.4. The van der Waals surface area contributed by atoms with Crippen LogP contribution in [0.15, 0.2) is 78.9 Å². The predicted octanol–water partition coefficient (Wildman–Crippen LogP) is 6.56. The van der Waals surface area contributed by atoms with Crippen LogP contribution in [-0.4, -0.2) is 19.6 Å². The number of halogens is 1. The third-order valence-electron chi connectivity index (χ3n) is 7.29. The molecule has 0 spiro atoms. The first-order valence-corrected chi connectivity index (χ1v) is 12.2. The quantitative estimate of drug-likeness (QED) is 0.327. The lowest BCUT2D eigenvalue weighted by Gasteiger charge is -2.32. The van der Waals surface area contributed by atoms with Gasteiger partial charge in [0.15, 0.2) is 0 Å². The van der Waals surface area contributed by atoms with E-state index in [1.165, 1.54) is 18.2 Å². The molecule has 178 valence electrons. The van der Waals surface area contributed by atoms with Crippen molar-refractivity contribution in [1.82, 2.24) is 5.32 Å². The first-order chi connectivity index (χ1) is 17.0. The molecule has 4 aromatic carbocycles. The normalized spacial score (nSPS) is 17.2. The maximum Gasteiger partial charge on any atom is 0.338 e. The summed E-state index contributed by atoms with van der Waals surface area (Å²) in [6, 6.07) is 25.9. The monoisotopic (exact) mass is 467 g/mol. The van der Waals surface area contributed by atoms with Gasteiger partial charge in [0.25, 0.3) is 0 Å². The van der Waals surface area contributed by atoms with Crippen LogP contribution in [0.5, 0.6) is 0 Å². The van der Waals surface area contributed by atoms with Crippen LogP contribution in [0.25, 0.3) is 10.8 Å². The number of esters is 1. The highest BCUT2D eigenvalue weighted by Crippen LogP contribution is 2.39. The third kappa shape index (κ3) is 4.71. The number of hydrogen-bond acceptors (Lipinski definition) is 3. The van der Waals surface area contributed by atoms with E-state index < -0.39 is 0 Å². The lowest BCUT2D eigenvalue weighted by atomic mass is 9.73. The fraction of sp³-hybridized carbons (Fsp3) is 0.258. The molecule has 5 rings (SSSR count). The first-order valence-electron chi connectivity index (χ1n) is 12.2. The van der Waals surface area contributed by atoms with E-state index in [2.05, 4.69) is 35.6 Å². The summed E-state index contributed by atoms with van der Waals surface area (Å²) in [4.78, 5) is 12.3. The van der Waals surface area contributed by atoms with Crippen molar-refractivity contribution in [3.8, 4) is 0 Å². The second-order valence-electron chi connectivity index (χ2n) is 9.51. The van der Waals surface area contributed by atoms with Gasteiger partial charge < -0.3 is 10.1 Å². The van der Waals surface area contributed by atoms with Crippen molar-refractivity contribution in [2.75, 3.05) is 13.7 Å². The fourth-order valence-electron chi connectivity index (χ4n) is 5.46. The van der Waals surface area contributed by atoms with Crippen molar-refractivity contribution < 1.29 is 13.9 Å². The van der Waals surface area contributed by atoms with Gasteiger partial charge in [-0.3, -0.25) is 0 Å². The average molecular weight is 468 g/mol. The predicted molar refractivity (Wildman–Crippen MR) is 138 cm³/mol. The molecule has 0 aromatic heterocycles. The van der Waals surface area contributed by atoms with E-state index in [0.717, 1.165) is 41.5 Å². The van der Waals surface area contributed by atoms with E-state index in [9.17, 15) is 9.18 Å². The Morgan fingerprint density at radius 3 is 2.60 bits per heavy atom. The van der Waals surface area contributed by atoms with Crippen molar-refractivity contribution in [2.45, 2.75) is 32.2 Å². The molecular weight excluding hydrogens is 437 g/mol. The van der Waals surface area contributed by atoms with Gasteiger partial charge in [-0.2, -0.15) is 0 Å². The van der Waals surface area contributed by atoms with Gasteiger partial charge in [-0.15, -0.1) is 0 Å². The van der Waals surface area contributed by atoms with Gasteiger partial charge in [0.1, 0.15) is 5.82 Å². The van der Waals surface area contributed by atoms with Crippen molar-refractivity contribution in [2.24, 2.45) is 5.92 Å². The Kier molecular flexibility index (Phi) is 6.65. The molecule has 0 fully saturated rings. The number of aryl methyl sites for hydroxylation is 1. The van der Waals surface area contributed by atoms with Crippen molar-refractivity contribution in [3.05, 3.63) is 118 Å². The van der Waals surface area contributed by atoms with Crippen LogP contribution < -0.4 is 5.32 Å². The molecule has 35 heavy (non-hydrogen) atoms. The summed E-state index contributed by atoms with van der Waals surface area (Å²) >= 11 is 0. The molecule has 4 heteroatoms. The molecule has 4 aromatic rings. The van der Waals surface area contributed by atoms with E-state index >= 15 is 0 Å². The summed E-state index contributed by atoms with van der Waals surface area (Å²) in [5.41, 5.74) is 6.52. The summed E-state index contributed by atoms with van der Waals surface area (Å²) in [5, 5.41) is 5.26. The zero-order valence-corrected chi connectivity index (χ0v) is 20.2. The number of nitrogens with one attached hydrogen (secondary N) is 1. The van der Waals surface area contributed by atoms with E-state index in [1.807, 2.05) is 49.4 Å². The van der Waals surface area contributed by atoms with Gasteiger partial charge in [0, 0.05) is 17.8 Å². The number of carbonyl (C=O) groups is 1. The number of carbonyl (C=O) groups excluding carboxylic acids is 1. The standard InChI is InChI=1S/C31H30FNO2/c1-20-11-12-23(17-28(20)31(34)35-2)29-16-21(15-22-7-3-4-8-25(22)29)18-33-19-24-13-14-30(32)27-10-6-5-9-26(24)27/h3-14,17,21,29,33H,15-16,18-19H2,1-2H3. The summed E-state index contributed by atoms with van der Waals surface area (Å²) in [6.45, 7) is 3.50. The maximum absolute atomic E-state index is 14.2. The fourth-order valence-corrected chi connectivity index (χ4v) is 5.46. The first kappa shape index (κ1) is 23.3. The molecule has 1 N–H and O–H groups in total. The Bertz CT molecular complexity index is 1380. The molecular formula is C31H30FNO2. The van der Waals surface area contributed by atoms with Crippen molar-refractivity contribution in [1.29, 1.82) is 0 Å². The molecule has 0 heterocycles. The van der Waals surface area contributed by atoms with Crippen molar-refractivity contribution >= 4 is 16.7 Å². The van der Waals surface area contributed by atoms with Crippen molar-refractivity contribution in [3.63, 3.8) is 0 Å². The number of hydrogen-bond donors (Lipinski definition) is 1. The molecule has 0 aliphatic heterocycles. The van der Waals surface area contributed by atoms with Gasteiger partial charge in [0.05, 0.1) is 12.7 Å². The van der Waals surface area contributed by atoms with Crippen LogP contribution in [0.1, 0.15) is 50.5 Å².